The molecule has 0 aromatic heterocycles. The van der Waals surface area contributed by atoms with Crippen LogP contribution in [0.5, 0.6) is 0 Å². The normalized spacial score (nSPS) is 25.5. The van der Waals surface area contributed by atoms with E-state index >= 15 is 0 Å². The molecule has 1 heterocycles. The van der Waals surface area contributed by atoms with E-state index in [0.717, 1.165) is 41.0 Å². The number of piperidine rings is 1. The molecule has 0 bridgehead atoms. The van der Waals surface area contributed by atoms with Crippen molar-refractivity contribution in [3.63, 3.8) is 0 Å². The minimum absolute atomic E-state index is 0.0438. The van der Waals surface area contributed by atoms with Crippen LogP contribution in [0.4, 0.5) is 10.5 Å². The van der Waals surface area contributed by atoms with Crippen molar-refractivity contribution in [1.82, 2.24) is 4.90 Å². The average molecular weight is 393 g/mol. The van der Waals surface area contributed by atoms with Gasteiger partial charge >= 0.3 is 6.03 Å². The summed E-state index contributed by atoms with van der Waals surface area (Å²) in [5.74, 6) is 2.69. The van der Waals surface area contributed by atoms with Gasteiger partial charge in [-0.15, -0.1) is 0 Å². The topological polar surface area (TPSA) is 32.3 Å². The minimum Gasteiger partial charge on any atom is -0.325 e. The Morgan fingerprint density at radius 3 is 2.25 bits per heavy atom. The van der Waals surface area contributed by atoms with Gasteiger partial charge in [0.05, 0.1) is 0 Å². The van der Waals surface area contributed by atoms with Crippen molar-refractivity contribution >= 4 is 27.6 Å². The molecule has 0 spiro atoms. The van der Waals surface area contributed by atoms with Gasteiger partial charge in [-0.2, -0.15) is 0 Å². The van der Waals surface area contributed by atoms with Crippen LogP contribution in [-0.4, -0.2) is 24.0 Å². The summed E-state index contributed by atoms with van der Waals surface area (Å²) >= 11 is 3.42. The van der Waals surface area contributed by atoms with E-state index < -0.39 is 0 Å². The van der Waals surface area contributed by atoms with E-state index in [9.17, 15) is 4.79 Å². The maximum Gasteiger partial charge on any atom is 0.321 e. The standard InChI is InChI=1S/C20H29BrN2O/c1-15-2-4-16(5-3-15)14-17-10-12-23(13-11-17)20(24)22-19-8-6-18(21)7-9-19/h6-9,15-17H,2-5,10-14H2,1H3,(H,22,24). The average Bonchev–Trinajstić information content (AvgIpc) is 2.59. The summed E-state index contributed by atoms with van der Waals surface area (Å²) in [5.41, 5.74) is 0.863. The fourth-order valence-corrected chi connectivity index (χ4v) is 4.41. The van der Waals surface area contributed by atoms with Gasteiger partial charge in [0.25, 0.3) is 0 Å². The van der Waals surface area contributed by atoms with E-state index in [-0.39, 0.29) is 6.03 Å². The smallest absolute Gasteiger partial charge is 0.321 e. The largest absolute Gasteiger partial charge is 0.325 e. The first-order valence-corrected chi connectivity index (χ1v) is 10.2. The van der Waals surface area contributed by atoms with Crippen molar-refractivity contribution in [2.75, 3.05) is 18.4 Å². The van der Waals surface area contributed by atoms with Crippen molar-refractivity contribution in [1.29, 1.82) is 0 Å². The number of nitrogens with one attached hydrogen (secondary N) is 1. The number of benzene rings is 1. The number of urea groups is 1. The van der Waals surface area contributed by atoms with Crippen molar-refractivity contribution in [2.45, 2.75) is 51.9 Å². The lowest BCUT2D eigenvalue weighted by Crippen LogP contribution is -2.41. The first kappa shape index (κ1) is 17.8. The molecule has 4 heteroatoms. The Labute approximate surface area is 154 Å². The van der Waals surface area contributed by atoms with Crippen LogP contribution in [0.15, 0.2) is 28.7 Å². The number of likely N-dealkylation sites (tertiary alicyclic amines) is 1. The minimum atomic E-state index is 0.0438. The highest BCUT2D eigenvalue weighted by molar-refractivity contribution is 9.10. The predicted octanol–water partition coefficient (Wildman–Crippen LogP) is 5.91. The van der Waals surface area contributed by atoms with E-state index in [0.29, 0.717) is 0 Å². The van der Waals surface area contributed by atoms with Gasteiger partial charge in [0.1, 0.15) is 0 Å². The number of carbonyl (C=O) groups is 1. The molecule has 3 nitrogen and oxygen atoms in total. The summed E-state index contributed by atoms with van der Waals surface area (Å²) in [6, 6.07) is 7.81. The van der Waals surface area contributed by atoms with Crippen LogP contribution in [0.3, 0.4) is 0 Å². The Balaban J connectivity index is 1.41. The molecule has 2 fully saturated rings. The number of hydrogen-bond acceptors (Lipinski definition) is 1. The molecular formula is C20H29BrN2O. The Morgan fingerprint density at radius 2 is 1.62 bits per heavy atom. The van der Waals surface area contributed by atoms with Crippen LogP contribution >= 0.6 is 15.9 Å². The van der Waals surface area contributed by atoms with Gasteiger partial charge < -0.3 is 10.2 Å². The molecule has 0 unspecified atom stereocenters. The quantitative estimate of drug-likeness (QED) is 0.680. The predicted molar refractivity (Wildman–Crippen MR) is 103 cm³/mol. The van der Waals surface area contributed by atoms with Crippen LogP contribution in [0.25, 0.3) is 0 Å². The second-order valence-electron chi connectivity index (χ2n) is 7.73. The van der Waals surface area contributed by atoms with E-state index in [2.05, 4.69) is 28.2 Å². The number of carbonyl (C=O) groups excluding carboxylic acids is 1. The zero-order valence-corrected chi connectivity index (χ0v) is 16.2. The van der Waals surface area contributed by atoms with Gasteiger partial charge in [0.2, 0.25) is 0 Å². The molecule has 1 aromatic carbocycles. The van der Waals surface area contributed by atoms with E-state index in [1.165, 1.54) is 44.9 Å². The summed E-state index contributed by atoms with van der Waals surface area (Å²) in [6.07, 6.45) is 9.39. The third-order valence-corrected chi connectivity index (χ3v) is 6.33. The fourth-order valence-electron chi connectivity index (χ4n) is 4.14. The molecule has 1 aliphatic carbocycles. The highest BCUT2D eigenvalue weighted by atomic mass is 79.9. The summed E-state index contributed by atoms with van der Waals surface area (Å²) in [5, 5.41) is 3.01. The fraction of sp³-hybridized carbons (Fsp3) is 0.650. The van der Waals surface area contributed by atoms with Crippen LogP contribution in [0, 0.1) is 17.8 Å². The molecule has 1 N–H and O–H groups in total. The molecule has 2 aliphatic rings. The number of halogens is 1. The van der Waals surface area contributed by atoms with Gasteiger partial charge in [-0.05, 0) is 61.3 Å². The molecule has 24 heavy (non-hydrogen) atoms. The van der Waals surface area contributed by atoms with Crippen molar-refractivity contribution in [3.8, 4) is 0 Å². The van der Waals surface area contributed by atoms with Gasteiger partial charge in [0.15, 0.2) is 0 Å². The first-order valence-electron chi connectivity index (χ1n) is 9.41. The molecule has 0 radical (unpaired) electrons. The van der Waals surface area contributed by atoms with Crippen LogP contribution in [0.2, 0.25) is 0 Å². The third-order valence-electron chi connectivity index (χ3n) is 5.80. The zero-order chi connectivity index (χ0) is 16.9. The summed E-state index contributed by atoms with van der Waals surface area (Å²) < 4.78 is 1.03. The van der Waals surface area contributed by atoms with Gasteiger partial charge in [-0.1, -0.05) is 48.5 Å². The number of rotatable bonds is 3. The van der Waals surface area contributed by atoms with Crippen molar-refractivity contribution in [2.24, 2.45) is 17.8 Å². The summed E-state index contributed by atoms with van der Waals surface area (Å²) in [6.45, 7) is 4.19. The van der Waals surface area contributed by atoms with Crippen molar-refractivity contribution < 1.29 is 4.79 Å². The van der Waals surface area contributed by atoms with Crippen LogP contribution in [-0.2, 0) is 0 Å². The molecule has 132 valence electrons. The highest BCUT2D eigenvalue weighted by Gasteiger charge is 2.26. The van der Waals surface area contributed by atoms with E-state index in [1.54, 1.807) is 0 Å². The van der Waals surface area contributed by atoms with Crippen LogP contribution in [0.1, 0.15) is 51.9 Å². The number of hydrogen-bond donors (Lipinski definition) is 1. The molecule has 3 rings (SSSR count). The number of anilines is 1. The number of nitrogens with zero attached hydrogens (tertiary/aromatic N) is 1. The molecule has 1 saturated carbocycles. The molecule has 1 saturated heterocycles. The SMILES string of the molecule is CC1CCC(CC2CCN(C(=O)Nc3ccc(Br)cc3)CC2)CC1. The Morgan fingerprint density at radius 1 is 1.04 bits per heavy atom. The third kappa shape index (κ3) is 4.98. The lowest BCUT2D eigenvalue weighted by Gasteiger charge is -2.35. The Kier molecular flexibility index (Phi) is 6.20. The molecule has 0 atom stereocenters. The Hall–Kier alpha value is -1.03. The molecule has 1 aliphatic heterocycles. The molecular weight excluding hydrogens is 364 g/mol. The van der Waals surface area contributed by atoms with Crippen LogP contribution < -0.4 is 5.32 Å². The van der Waals surface area contributed by atoms with Gasteiger partial charge in [-0.25, -0.2) is 4.79 Å². The maximum absolute atomic E-state index is 12.4. The zero-order valence-electron chi connectivity index (χ0n) is 14.6. The second-order valence-corrected chi connectivity index (χ2v) is 8.64. The second kappa shape index (κ2) is 8.37. The highest BCUT2D eigenvalue weighted by Crippen LogP contribution is 2.35. The monoisotopic (exact) mass is 392 g/mol. The lowest BCUT2D eigenvalue weighted by molar-refractivity contribution is 0.162. The number of amides is 2. The summed E-state index contributed by atoms with van der Waals surface area (Å²) in [4.78, 5) is 14.4. The molecule has 2 amide bonds. The van der Waals surface area contributed by atoms with Gasteiger partial charge in [0, 0.05) is 23.2 Å². The van der Waals surface area contributed by atoms with E-state index in [1.807, 2.05) is 29.2 Å². The van der Waals surface area contributed by atoms with E-state index in [4.69, 9.17) is 0 Å². The summed E-state index contributed by atoms with van der Waals surface area (Å²) in [7, 11) is 0. The van der Waals surface area contributed by atoms with Gasteiger partial charge in [-0.3, -0.25) is 0 Å². The Bertz CT molecular complexity index is 529. The first-order chi connectivity index (χ1) is 11.6. The lowest BCUT2D eigenvalue weighted by atomic mass is 9.77. The maximum atomic E-state index is 12.4. The van der Waals surface area contributed by atoms with Crippen molar-refractivity contribution in [3.05, 3.63) is 28.7 Å². The molecule has 1 aromatic rings.